The summed E-state index contributed by atoms with van der Waals surface area (Å²) in [4.78, 5) is 35.7. The lowest BCUT2D eigenvalue weighted by Gasteiger charge is -2.26. The number of aliphatic carboxylic acids is 1. The summed E-state index contributed by atoms with van der Waals surface area (Å²) in [6.45, 7) is 7.22. The Kier molecular flexibility index (Phi) is 7.91. The molecule has 0 saturated heterocycles. The molecule has 1 atom stereocenters. The standard InChI is InChI=1S/C18H26N2O5/c1-12-5-6-16(13(2)11-12)25-10-7-17(22)20(14(3)18(23)24)9-8-19-15(4)21/h5-6,11,14H,7-10H2,1-4H3,(H,19,21)(H,23,24). The van der Waals surface area contributed by atoms with E-state index < -0.39 is 12.0 Å². The van der Waals surface area contributed by atoms with E-state index in [1.165, 1.54) is 18.7 Å². The number of benzene rings is 1. The second-order valence-corrected chi connectivity index (χ2v) is 5.95. The van der Waals surface area contributed by atoms with Gasteiger partial charge in [-0.2, -0.15) is 0 Å². The minimum atomic E-state index is -1.09. The van der Waals surface area contributed by atoms with Gasteiger partial charge in [0, 0.05) is 20.0 Å². The summed E-state index contributed by atoms with van der Waals surface area (Å²) in [6, 6.07) is 4.80. The number of amides is 2. The first-order valence-electron chi connectivity index (χ1n) is 8.19. The third-order valence-electron chi connectivity index (χ3n) is 3.78. The Hall–Kier alpha value is -2.57. The highest BCUT2D eigenvalue weighted by molar-refractivity contribution is 5.83. The number of carbonyl (C=O) groups excluding carboxylic acids is 2. The van der Waals surface area contributed by atoms with Crippen LogP contribution in [0.5, 0.6) is 5.75 Å². The van der Waals surface area contributed by atoms with Gasteiger partial charge in [-0.05, 0) is 32.4 Å². The smallest absolute Gasteiger partial charge is 0.326 e. The van der Waals surface area contributed by atoms with Crippen LogP contribution in [0, 0.1) is 13.8 Å². The quantitative estimate of drug-likeness (QED) is 0.704. The van der Waals surface area contributed by atoms with Crippen molar-refractivity contribution in [2.24, 2.45) is 0 Å². The molecule has 138 valence electrons. The fourth-order valence-electron chi connectivity index (χ4n) is 2.37. The molecule has 0 aliphatic rings. The molecule has 1 rings (SSSR count). The summed E-state index contributed by atoms with van der Waals surface area (Å²) < 4.78 is 5.63. The zero-order valence-electron chi connectivity index (χ0n) is 15.2. The molecule has 0 radical (unpaired) electrons. The van der Waals surface area contributed by atoms with Gasteiger partial charge < -0.3 is 20.1 Å². The predicted octanol–water partition coefficient (Wildman–Crippen LogP) is 1.51. The van der Waals surface area contributed by atoms with Crippen LogP contribution >= 0.6 is 0 Å². The topological polar surface area (TPSA) is 95.9 Å². The fraction of sp³-hybridized carbons (Fsp3) is 0.500. The Labute approximate surface area is 148 Å². The molecule has 1 unspecified atom stereocenters. The molecule has 0 heterocycles. The van der Waals surface area contributed by atoms with Gasteiger partial charge in [-0.15, -0.1) is 0 Å². The van der Waals surface area contributed by atoms with Crippen molar-refractivity contribution in [3.63, 3.8) is 0 Å². The number of nitrogens with one attached hydrogen (secondary N) is 1. The molecule has 7 heteroatoms. The van der Waals surface area contributed by atoms with Gasteiger partial charge in [0.05, 0.1) is 13.0 Å². The monoisotopic (exact) mass is 350 g/mol. The highest BCUT2D eigenvalue weighted by Gasteiger charge is 2.25. The Morgan fingerprint density at radius 2 is 1.96 bits per heavy atom. The molecule has 1 aromatic rings. The molecular weight excluding hydrogens is 324 g/mol. The van der Waals surface area contributed by atoms with Gasteiger partial charge >= 0.3 is 5.97 Å². The van der Waals surface area contributed by atoms with Crippen molar-refractivity contribution in [1.29, 1.82) is 0 Å². The molecule has 0 fully saturated rings. The van der Waals surface area contributed by atoms with E-state index in [9.17, 15) is 14.4 Å². The molecule has 0 aliphatic heterocycles. The van der Waals surface area contributed by atoms with Crippen LogP contribution < -0.4 is 10.1 Å². The van der Waals surface area contributed by atoms with E-state index in [1.54, 1.807) is 0 Å². The first-order chi connectivity index (χ1) is 11.7. The van der Waals surface area contributed by atoms with Gasteiger partial charge in [-0.1, -0.05) is 17.7 Å². The van der Waals surface area contributed by atoms with Crippen molar-refractivity contribution in [3.8, 4) is 5.75 Å². The van der Waals surface area contributed by atoms with Crippen molar-refractivity contribution < 1.29 is 24.2 Å². The fourth-order valence-corrected chi connectivity index (χ4v) is 2.37. The summed E-state index contributed by atoms with van der Waals surface area (Å²) in [5, 5.41) is 11.7. The normalized spacial score (nSPS) is 11.5. The molecule has 2 N–H and O–H groups in total. The van der Waals surface area contributed by atoms with E-state index in [0.717, 1.165) is 11.1 Å². The highest BCUT2D eigenvalue weighted by Crippen LogP contribution is 2.19. The van der Waals surface area contributed by atoms with Crippen molar-refractivity contribution in [2.45, 2.75) is 40.2 Å². The first-order valence-corrected chi connectivity index (χ1v) is 8.19. The van der Waals surface area contributed by atoms with Crippen LogP contribution in [-0.4, -0.2) is 53.5 Å². The SMILES string of the molecule is CC(=O)NCCN(C(=O)CCOc1ccc(C)cc1C)C(C)C(=O)O. The molecule has 2 amide bonds. The van der Waals surface area contributed by atoms with Crippen LogP contribution in [0.3, 0.4) is 0 Å². The van der Waals surface area contributed by atoms with Gasteiger partial charge in [0.25, 0.3) is 0 Å². The van der Waals surface area contributed by atoms with Crippen LogP contribution in [0.2, 0.25) is 0 Å². The Bertz CT molecular complexity index is 630. The number of carboxylic acids is 1. The number of rotatable bonds is 9. The van der Waals surface area contributed by atoms with Crippen molar-refractivity contribution in [3.05, 3.63) is 29.3 Å². The molecule has 25 heavy (non-hydrogen) atoms. The number of nitrogens with zero attached hydrogens (tertiary/aromatic N) is 1. The first kappa shape index (κ1) is 20.5. The lowest BCUT2D eigenvalue weighted by Crippen LogP contribution is -2.47. The van der Waals surface area contributed by atoms with Gasteiger partial charge in [0.15, 0.2) is 0 Å². The van der Waals surface area contributed by atoms with Gasteiger partial charge in [-0.25, -0.2) is 4.79 Å². The summed E-state index contributed by atoms with van der Waals surface area (Å²) >= 11 is 0. The molecule has 0 saturated carbocycles. The third-order valence-corrected chi connectivity index (χ3v) is 3.78. The number of aryl methyl sites for hydroxylation is 2. The van der Waals surface area contributed by atoms with E-state index in [4.69, 9.17) is 9.84 Å². The van der Waals surface area contributed by atoms with Gasteiger partial charge in [0.2, 0.25) is 11.8 Å². The van der Waals surface area contributed by atoms with Crippen LogP contribution in [0.15, 0.2) is 18.2 Å². The number of carboxylic acid groups (broad SMARTS) is 1. The molecule has 0 bridgehead atoms. The molecule has 0 aliphatic carbocycles. The van der Waals surface area contributed by atoms with Crippen molar-refractivity contribution in [1.82, 2.24) is 10.2 Å². The Morgan fingerprint density at radius 3 is 2.52 bits per heavy atom. The lowest BCUT2D eigenvalue weighted by molar-refractivity contribution is -0.149. The molecule has 0 spiro atoms. The molecular formula is C18H26N2O5. The van der Waals surface area contributed by atoms with Crippen LogP contribution in [0.4, 0.5) is 0 Å². The average Bonchev–Trinajstić information content (AvgIpc) is 2.52. The minimum absolute atomic E-state index is 0.0605. The van der Waals surface area contributed by atoms with E-state index in [1.807, 2.05) is 32.0 Å². The molecule has 1 aromatic carbocycles. The summed E-state index contributed by atoms with van der Waals surface area (Å²) in [5.41, 5.74) is 2.11. The van der Waals surface area contributed by atoms with E-state index >= 15 is 0 Å². The summed E-state index contributed by atoms with van der Waals surface area (Å²) in [5.74, 6) is -0.945. The van der Waals surface area contributed by atoms with E-state index in [2.05, 4.69) is 5.32 Å². The summed E-state index contributed by atoms with van der Waals surface area (Å²) in [6.07, 6.45) is 0.0605. The second-order valence-electron chi connectivity index (χ2n) is 5.95. The van der Waals surface area contributed by atoms with Crippen molar-refractivity contribution >= 4 is 17.8 Å². The third kappa shape index (κ3) is 6.82. The number of carbonyl (C=O) groups is 3. The summed E-state index contributed by atoms with van der Waals surface area (Å²) in [7, 11) is 0. The minimum Gasteiger partial charge on any atom is -0.493 e. The number of hydrogen-bond acceptors (Lipinski definition) is 4. The van der Waals surface area contributed by atoms with Gasteiger partial charge in [-0.3, -0.25) is 9.59 Å². The maximum Gasteiger partial charge on any atom is 0.326 e. The van der Waals surface area contributed by atoms with E-state index in [-0.39, 0.29) is 37.9 Å². The largest absolute Gasteiger partial charge is 0.493 e. The second kappa shape index (κ2) is 9.66. The number of ether oxygens (including phenoxy) is 1. The zero-order chi connectivity index (χ0) is 19.0. The molecule has 7 nitrogen and oxygen atoms in total. The average molecular weight is 350 g/mol. The molecule has 0 aromatic heterocycles. The van der Waals surface area contributed by atoms with Crippen LogP contribution in [-0.2, 0) is 14.4 Å². The Balaban J connectivity index is 2.61. The van der Waals surface area contributed by atoms with Gasteiger partial charge in [0.1, 0.15) is 11.8 Å². The highest BCUT2D eigenvalue weighted by atomic mass is 16.5. The maximum atomic E-state index is 12.4. The van der Waals surface area contributed by atoms with Crippen LogP contribution in [0.1, 0.15) is 31.4 Å². The number of hydrogen-bond donors (Lipinski definition) is 2. The van der Waals surface area contributed by atoms with Crippen LogP contribution in [0.25, 0.3) is 0 Å². The predicted molar refractivity (Wildman–Crippen MR) is 93.5 cm³/mol. The van der Waals surface area contributed by atoms with Crippen molar-refractivity contribution in [2.75, 3.05) is 19.7 Å². The lowest BCUT2D eigenvalue weighted by atomic mass is 10.1. The maximum absolute atomic E-state index is 12.4. The zero-order valence-corrected chi connectivity index (χ0v) is 15.2. The van der Waals surface area contributed by atoms with E-state index in [0.29, 0.717) is 5.75 Å². The Morgan fingerprint density at radius 1 is 1.28 bits per heavy atom.